The summed E-state index contributed by atoms with van der Waals surface area (Å²) in [5, 5.41) is 0. The molecule has 5 heteroatoms. The third-order valence-electron chi connectivity index (χ3n) is 4.72. The molecule has 2 aliphatic rings. The van der Waals surface area contributed by atoms with Gasteiger partial charge < -0.3 is 9.64 Å². The van der Waals surface area contributed by atoms with Crippen LogP contribution in [0.25, 0.3) is 0 Å². The lowest BCUT2D eigenvalue weighted by atomic mass is 9.99. The molecule has 122 valence electrons. The topological polar surface area (TPSA) is 41.5 Å². The van der Waals surface area contributed by atoms with Gasteiger partial charge in [-0.2, -0.15) is 0 Å². The Labute approximate surface area is 133 Å². The van der Waals surface area contributed by atoms with Gasteiger partial charge in [0.2, 0.25) is 0 Å². The fourth-order valence-corrected chi connectivity index (χ4v) is 3.62. The van der Waals surface area contributed by atoms with Gasteiger partial charge in [0.05, 0.1) is 17.4 Å². The smallest absolute Gasteiger partial charge is 0.0762 e. The van der Waals surface area contributed by atoms with Crippen LogP contribution in [0.1, 0.15) is 43.1 Å². The molecule has 0 amide bonds. The van der Waals surface area contributed by atoms with Gasteiger partial charge in [-0.25, -0.2) is 0 Å². The van der Waals surface area contributed by atoms with E-state index in [0.29, 0.717) is 6.04 Å². The fraction of sp³-hybridized carbons (Fsp3) is 0.765. The maximum absolute atomic E-state index is 5.48. The number of nitrogens with zero attached hydrogens (tertiary/aromatic N) is 4. The predicted octanol–water partition coefficient (Wildman–Crippen LogP) is 2.10. The first-order chi connectivity index (χ1) is 10.7. The van der Waals surface area contributed by atoms with Crippen LogP contribution >= 0.6 is 0 Å². The van der Waals surface area contributed by atoms with Crippen LogP contribution in [-0.4, -0.2) is 60.2 Å². The summed E-state index contributed by atoms with van der Waals surface area (Å²) in [4.78, 5) is 14.1. The third-order valence-corrected chi connectivity index (χ3v) is 4.72. The van der Waals surface area contributed by atoms with Crippen molar-refractivity contribution in [2.75, 3.05) is 40.4 Å². The lowest BCUT2D eigenvalue weighted by Gasteiger charge is -2.30. The van der Waals surface area contributed by atoms with Crippen LogP contribution in [-0.2, 0) is 11.3 Å². The van der Waals surface area contributed by atoms with Crippen LogP contribution in [0.4, 0.5) is 0 Å². The van der Waals surface area contributed by atoms with E-state index in [-0.39, 0.29) is 0 Å². The summed E-state index contributed by atoms with van der Waals surface area (Å²) in [6.07, 6.45) is 8.75. The number of hydrogen-bond acceptors (Lipinski definition) is 5. The van der Waals surface area contributed by atoms with Gasteiger partial charge >= 0.3 is 0 Å². The van der Waals surface area contributed by atoms with Gasteiger partial charge in [-0.15, -0.1) is 0 Å². The second kappa shape index (κ2) is 7.49. The molecule has 1 aromatic heterocycles. The Morgan fingerprint density at radius 1 is 1.23 bits per heavy atom. The molecular weight excluding hydrogens is 276 g/mol. The molecule has 0 saturated carbocycles. The molecule has 0 radical (unpaired) electrons. The quantitative estimate of drug-likeness (QED) is 0.833. The van der Waals surface area contributed by atoms with Crippen molar-refractivity contribution in [1.82, 2.24) is 19.8 Å². The van der Waals surface area contributed by atoms with Gasteiger partial charge in [-0.05, 0) is 52.2 Å². The highest BCUT2D eigenvalue weighted by atomic mass is 16.5. The van der Waals surface area contributed by atoms with Crippen molar-refractivity contribution in [1.29, 1.82) is 0 Å². The summed E-state index contributed by atoms with van der Waals surface area (Å²) in [6.45, 7) is 5.10. The molecule has 0 N–H and O–H groups in total. The summed E-state index contributed by atoms with van der Waals surface area (Å²) in [5.74, 6) is 0.785. The summed E-state index contributed by atoms with van der Waals surface area (Å²) in [6, 6.07) is 0.456. The minimum atomic E-state index is 0.456. The van der Waals surface area contributed by atoms with Crippen molar-refractivity contribution in [3.05, 3.63) is 23.8 Å². The highest BCUT2D eigenvalue weighted by Gasteiger charge is 2.29. The van der Waals surface area contributed by atoms with Crippen LogP contribution in [0.15, 0.2) is 12.4 Å². The average molecular weight is 304 g/mol. The largest absolute Gasteiger partial charge is 0.381 e. The summed E-state index contributed by atoms with van der Waals surface area (Å²) >= 11 is 0. The van der Waals surface area contributed by atoms with E-state index in [4.69, 9.17) is 9.72 Å². The van der Waals surface area contributed by atoms with Crippen LogP contribution in [0.5, 0.6) is 0 Å². The first kappa shape index (κ1) is 15.8. The number of likely N-dealkylation sites (tertiary alicyclic amines) is 1. The normalized spacial score (nSPS) is 24.2. The van der Waals surface area contributed by atoms with Crippen molar-refractivity contribution < 1.29 is 4.74 Å². The number of hydrogen-bond donors (Lipinski definition) is 0. The van der Waals surface area contributed by atoms with Crippen molar-refractivity contribution in [3.8, 4) is 0 Å². The second-order valence-corrected chi connectivity index (χ2v) is 6.88. The second-order valence-electron chi connectivity index (χ2n) is 6.88. The fourth-order valence-electron chi connectivity index (χ4n) is 3.62. The zero-order valence-electron chi connectivity index (χ0n) is 13.9. The molecule has 0 aliphatic carbocycles. The van der Waals surface area contributed by atoms with Crippen LogP contribution in [0.2, 0.25) is 0 Å². The molecule has 0 spiro atoms. The van der Waals surface area contributed by atoms with Crippen LogP contribution in [0.3, 0.4) is 0 Å². The standard InChI is InChI=1S/C17H28N4O/c1-20(2)13-15-10-18-11-16(19-15)17-4-3-7-21(17)12-14-5-8-22-9-6-14/h10-11,14,17H,3-9,12-13H2,1-2H3/t17-/m0/s1. The molecule has 2 aliphatic heterocycles. The molecule has 0 unspecified atom stereocenters. The van der Waals surface area contributed by atoms with Crippen LogP contribution in [0, 0.1) is 5.92 Å². The van der Waals surface area contributed by atoms with Crippen molar-refractivity contribution in [3.63, 3.8) is 0 Å². The van der Waals surface area contributed by atoms with Gasteiger partial charge in [0.25, 0.3) is 0 Å². The highest BCUT2D eigenvalue weighted by Crippen LogP contribution is 2.32. The molecular formula is C17H28N4O. The Morgan fingerprint density at radius 2 is 2.05 bits per heavy atom. The molecule has 0 aromatic carbocycles. The molecule has 1 atom stereocenters. The molecule has 5 nitrogen and oxygen atoms in total. The minimum absolute atomic E-state index is 0.456. The summed E-state index contributed by atoms with van der Waals surface area (Å²) in [7, 11) is 4.14. The molecule has 3 rings (SSSR count). The van der Waals surface area contributed by atoms with E-state index in [9.17, 15) is 0 Å². The van der Waals surface area contributed by atoms with Gasteiger partial charge in [-0.3, -0.25) is 14.9 Å². The van der Waals surface area contributed by atoms with E-state index in [2.05, 4.69) is 28.9 Å². The number of aromatic nitrogens is 2. The number of ether oxygens (including phenoxy) is 1. The molecule has 3 heterocycles. The SMILES string of the molecule is CN(C)Cc1cncc([C@@H]2CCCN2CC2CCOCC2)n1. The Kier molecular flexibility index (Phi) is 5.39. The first-order valence-electron chi connectivity index (χ1n) is 8.49. The molecule has 22 heavy (non-hydrogen) atoms. The minimum Gasteiger partial charge on any atom is -0.381 e. The first-order valence-corrected chi connectivity index (χ1v) is 8.49. The molecule has 2 saturated heterocycles. The summed E-state index contributed by atoms with van der Waals surface area (Å²) < 4.78 is 5.48. The summed E-state index contributed by atoms with van der Waals surface area (Å²) in [5.41, 5.74) is 2.23. The number of rotatable bonds is 5. The van der Waals surface area contributed by atoms with E-state index in [1.807, 2.05) is 12.4 Å². The Hall–Kier alpha value is -1.04. The van der Waals surface area contributed by atoms with Crippen molar-refractivity contribution in [2.24, 2.45) is 5.92 Å². The zero-order chi connectivity index (χ0) is 15.4. The van der Waals surface area contributed by atoms with Crippen LogP contribution < -0.4 is 0 Å². The van der Waals surface area contributed by atoms with E-state index < -0.39 is 0 Å². The molecule has 0 bridgehead atoms. The maximum atomic E-state index is 5.48. The lowest BCUT2D eigenvalue weighted by Crippen LogP contribution is -2.32. The van der Waals surface area contributed by atoms with E-state index >= 15 is 0 Å². The zero-order valence-corrected chi connectivity index (χ0v) is 13.9. The van der Waals surface area contributed by atoms with E-state index in [1.165, 1.54) is 38.8 Å². The van der Waals surface area contributed by atoms with Gasteiger partial charge in [0.1, 0.15) is 0 Å². The van der Waals surface area contributed by atoms with E-state index in [0.717, 1.165) is 37.1 Å². The van der Waals surface area contributed by atoms with Gasteiger partial charge in [0, 0.05) is 38.7 Å². The monoisotopic (exact) mass is 304 g/mol. The Bertz CT molecular complexity index is 473. The maximum Gasteiger partial charge on any atom is 0.0762 e. The predicted molar refractivity (Wildman–Crippen MR) is 86.5 cm³/mol. The average Bonchev–Trinajstić information content (AvgIpc) is 2.96. The third kappa shape index (κ3) is 4.03. The van der Waals surface area contributed by atoms with Gasteiger partial charge in [0.15, 0.2) is 0 Å². The Morgan fingerprint density at radius 3 is 2.82 bits per heavy atom. The van der Waals surface area contributed by atoms with Gasteiger partial charge in [-0.1, -0.05) is 0 Å². The lowest BCUT2D eigenvalue weighted by molar-refractivity contribution is 0.0503. The van der Waals surface area contributed by atoms with Crippen molar-refractivity contribution >= 4 is 0 Å². The molecule has 1 aromatic rings. The molecule has 2 fully saturated rings. The van der Waals surface area contributed by atoms with E-state index in [1.54, 1.807) is 0 Å². The highest BCUT2D eigenvalue weighted by molar-refractivity contribution is 5.09. The van der Waals surface area contributed by atoms with Crippen molar-refractivity contribution in [2.45, 2.75) is 38.3 Å². The Balaban J connectivity index is 1.66.